The van der Waals surface area contributed by atoms with Crippen molar-refractivity contribution in [1.82, 2.24) is 10.2 Å². The van der Waals surface area contributed by atoms with Crippen LogP contribution in [0.5, 0.6) is 0 Å². The Morgan fingerprint density at radius 1 is 1.48 bits per heavy atom. The summed E-state index contributed by atoms with van der Waals surface area (Å²) in [6.07, 6.45) is 2.14. The number of carbonyl (C=O) groups excluding carboxylic acids is 1. The van der Waals surface area contributed by atoms with Crippen LogP contribution in [0.25, 0.3) is 0 Å². The van der Waals surface area contributed by atoms with Gasteiger partial charge in [-0.05, 0) is 19.4 Å². The normalized spacial score (nSPS) is 17.4. The summed E-state index contributed by atoms with van der Waals surface area (Å²) in [6, 6.07) is 6.63. The highest BCUT2D eigenvalue weighted by atomic mass is 16.6. The zero-order valence-electron chi connectivity index (χ0n) is 13.4. The highest BCUT2D eigenvalue weighted by molar-refractivity contribution is 5.78. The van der Waals surface area contributed by atoms with Gasteiger partial charge in [-0.15, -0.1) is 0 Å². The number of nitro benzene ring substituents is 1. The molecule has 0 spiro atoms. The molecular formula is C16H23N3O4. The Bertz CT molecular complexity index is 544. The van der Waals surface area contributed by atoms with Crippen LogP contribution in [-0.2, 0) is 16.1 Å². The maximum atomic E-state index is 12.0. The monoisotopic (exact) mass is 321 g/mol. The van der Waals surface area contributed by atoms with Crippen LogP contribution in [0.4, 0.5) is 5.69 Å². The molecular weight excluding hydrogens is 298 g/mol. The number of nitrogens with one attached hydrogen (secondary N) is 1. The summed E-state index contributed by atoms with van der Waals surface area (Å²) in [5.41, 5.74) is 0.706. The van der Waals surface area contributed by atoms with E-state index >= 15 is 0 Å². The first-order valence-electron chi connectivity index (χ1n) is 7.93. The van der Waals surface area contributed by atoms with Gasteiger partial charge in [0, 0.05) is 31.3 Å². The molecule has 1 saturated heterocycles. The third kappa shape index (κ3) is 5.30. The van der Waals surface area contributed by atoms with Crippen LogP contribution in [-0.4, -0.2) is 48.1 Å². The van der Waals surface area contributed by atoms with E-state index in [0.717, 1.165) is 19.4 Å². The third-order valence-electron chi connectivity index (χ3n) is 3.95. The quantitative estimate of drug-likeness (QED) is 0.582. The highest BCUT2D eigenvalue weighted by Gasteiger charge is 2.19. The first-order valence-corrected chi connectivity index (χ1v) is 7.93. The van der Waals surface area contributed by atoms with E-state index in [1.165, 1.54) is 6.07 Å². The average Bonchev–Trinajstić information content (AvgIpc) is 3.06. The summed E-state index contributed by atoms with van der Waals surface area (Å²) >= 11 is 0. The number of rotatable bonds is 8. The van der Waals surface area contributed by atoms with Gasteiger partial charge in [0.05, 0.1) is 17.6 Å². The zero-order valence-corrected chi connectivity index (χ0v) is 13.4. The maximum Gasteiger partial charge on any atom is 0.273 e. The van der Waals surface area contributed by atoms with Crippen molar-refractivity contribution < 1.29 is 14.5 Å². The molecule has 7 heteroatoms. The first kappa shape index (κ1) is 17.4. The van der Waals surface area contributed by atoms with Crippen LogP contribution in [0.3, 0.4) is 0 Å². The van der Waals surface area contributed by atoms with Crippen LogP contribution in [0.15, 0.2) is 24.3 Å². The van der Waals surface area contributed by atoms with Crippen LogP contribution >= 0.6 is 0 Å². The van der Waals surface area contributed by atoms with Crippen molar-refractivity contribution in [3.8, 4) is 0 Å². The molecule has 23 heavy (non-hydrogen) atoms. The Balaban J connectivity index is 1.87. The second-order valence-corrected chi connectivity index (χ2v) is 5.63. The van der Waals surface area contributed by atoms with Crippen molar-refractivity contribution >= 4 is 11.6 Å². The van der Waals surface area contributed by atoms with Gasteiger partial charge in [-0.2, -0.15) is 0 Å². The molecule has 1 heterocycles. The number of carbonyl (C=O) groups is 1. The number of amides is 1. The van der Waals surface area contributed by atoms with Gasteiger partial charge in [0.2, 0.25) is 5.91 Å². The molecule has 1 amide bonds. The van der Waals surface area contributed by atoms with Gasteiger partial charge in [0.15, 0.2) is 0 Å². The van der Waals surface area contributed by atoms with Crippen LogP contribution in [0.1, 0.15) is 25.3 Å². The van der Waals surface area contributed by atoms with E-state index in [1.807, 2.05) is 11.8 Å². The minimum absolute atomic E-state index is 0.0825. The van der Waals surface area contributed by atoms with Gasteiger partial charge < -0.3 is 10.1 Å². The summed E-state index contributed by atoms with van der Waals surface area (Å²) in [7, 11) is 0. The average molecular weight is 321 g/mol. The van der Waals surface area contributed by atoms with E-state index in [2.05, 4.69) is 5.32 Å². The van der Waals surface area contributed by atoms with Crippen LogP contribution in [0, 0.1) is 10.1 Å². The maximum absolute atomic E-state index is 12.0. The lowest BCUT2D eigenvalue weighted by Gasteiger charge is -2.20. The Labute approximate surface area is 135 Å². The van der Waals surface area contributed by atoms with Crippen molar-refractivity contribution in [1.29, 1.82) is 0 Å². The van der Waals surface area contributed by atoms with E-state index in [1.54, 1.807) is 18.2 Å². The van der Waals surface area contributed by atoms with Crippen LogP contribution < -0.4 is 5.32 Å². The van der Waals surface area contributed by atoms with Gasteiger partial charge in [-0.25, -0.2) is 0 Å². The zero-order chi connectivity index (χ0) is 16.7. The largest absolute Gasteiger partial charge is 0.376 e. The number of para-hydroxylation sites is 1. The molecule has 7 nitrogen and oxygen atoms in total. The predicted molar refractivity (Wildman–Crippen MR) is 86.0 cm³/mol. The smallest absolute Gasteiger partial charge is 0.273 e. The summed E-state index contributed by atoms with van der Waals surface area (Å²) < 4.78 is 5.47. The lowest BCUT2D eigenvalue weighted by atomic mass is 10.1. The lowest BCUT2D eigenvalue weighted by Crippen LogP contribution is -2.39. The van der Waals surface area contributed by atoms with E-state index in [0.29, 0.717) is 25.2 Å². The van der Waals surface area contributed by atoms with E-state index < -0.39 is 0 Å². The first-order chi connectivity index (χ1) is 11.1. The number of nitrogens with zero attached hydrogens (tertiary/aromatic N) is 2. The molecule has 1 aromatic carbocycles. The molecule has 0 aliphatic carbocycles. The van der Waals surface area contributed by atoms with Crippen molar-refractivity contribution in [3.05, 3.63) is 39.9 Å². The molecule has 1 aliphatic rings. The molecule has 0 radical (unpaired) electrons. The number of nitro groups is 1. The van der Waals surface area contributed by atoms with Crippen molar-refractivity contribution in [3.63, 3.8) is 0 Å². The molecule has 0 bridgehead atoms. The minimum atomic E-state index is -0.388. The minimum Gasteiger partial charge on any atom is -0.376 e. The summed E-state index contributed by atoms with van der Waals surface area (Å²) in [6.45, 7) is 4.46. The van der Waals surface area contributed by atoms with Gasteiger partial charge in [0.1, 0.15) is 0 Å². The molecule has 1 aromatic rings. The number of ether oxygens (including phenoxy) is 1. The van der Waals surface area contributed by atoms with E-state index in [-0.39, 0.29) is 29.2 Å². The van der Waals surface area contributed by atoms with Crippen LogP contribution in [0.2, 0.25) is 0 Å². The molecule has 1 fully saturated rings. The lowest BCUT2D eigenvalue weighted by molar-refractivity contribution is -0.385. The van der Waals surface area contributed by atoms with Crippen molar-refractivity contribution in [2.45, 2.75) is 32.4 Å². The summed E-state index contributed by atoms with van der Waals surface area (Å²) in [4.78, 5) is 24.6. The molecule has 1 atom stereocenters. The molecule has 0 aromatic heterocycles. The number of likely N-dealkylation sites (N-methyl/N-ethyl adjacent to an activating group) is 1. The van der Waals surface area contributed by atoms with E-state index in [9.17, 15) is 14.9 Å². The molecule has 1 N–H and O–H groups in total. The summed E-state index contributed by atoms with van der Waals surface area (Å²) in [5, 5.41) is 13.9. The predicted octanol–water partition coefficient (Wildman–Crippen LogP) is 1.71. The second kappa shape index (κ2) is 8.59. The SMILES string of the molecule is CCN(CC(=O)NC[C@H]1CCCO1)Cc1ccccc1[N+](=O)[O-]. The number of hydrogen-bond acceptors (Lipinski definition) is 5. The third-order valence-corrected chi connectivity index (χ3v) is 3.95. The molecule has 2 rings (SSSR count). The Morgan fingerprint density at radius 3 is 2.91 bits per heavy atom. The number of hydrogen-bond donors (Lipinski definition) is 1. The Hall–Kier alpha value is -1.99. The Kier molecular flexibility index (Phi) is 6.49. The molecule has 126 valence electrons. The fourth-order valence-electron chi connectivity index (χ4n) is 2.64. The summed E-state index contributed by atoms with van der Waals surface area (Å²) in [5.74, 6) is -0.0825. The molecule has 0 unspecified atom stereocenters. The second-order valence-electron chi connectivity index (χ2n) is 5.63. The standard InChI is InChI=1S/C16H23N3O4/c1-2-18(11-13-6-3-4-8-15(13)19(21)22)12-16(20)17-10-14-7-5-9-23-14/h3-4,6,8,14H,2,5,7,9-12H2,1H3,(H,17,20)/t14-/m1/s1. The van der Waals surface area contributed by atoms with Gasteiger partial charge in [0.25, 0.3) is 5.69 Å². The van der Waals surface area contributed by atoms with Crippen molar-refractivity contribution in [2.75, 3.05) is 26.2 Å². The fraction of sp³-hybridized carbons (Fsp3) is 0.562. The highest BCUT2D eigenvalue weighted by Crippen LogP contribution is 2.19. The fourth-order valence-corrected chi connectivity index (χ4v) is 2.64. The topological polar surface area (TPSA) is 84.7 Å². The Morgan fingerprint density at radius 2 is 2.26 bits per heavy atom. The van der Waals surface area contributed by atoms with Gasteiger partial charge in [-0.1, -0.05) is 25.1 Å². The van der Waals surface area contributed by atoms with Gasteiger partial charge >= 0.3 is 0 Å². The van der Waals surface area contributed by atoms with Crippen molar-refractivity contribution in [2.24, 2.45) is 0 Å². The van der Waals surface area contributed by atoms with Gasteiger partial charge in [-0.3, -0.25) is 19.8 Å². The van der Waals surface area contributed by atoms with E-state index in [4.69, 9.17) is 4.74 Å². The number of benzene rings is 1. The molecule has 0 saturated carbocycles. The molecule has 1 aliphatic heterocycles.